The first kappa shape index (κ1) is 8.26. The molecule has 65 valence electrons. The van der Waals surface area contributed by atoms with E-state index in [9.17, 15) is 0 Å². The Kier molecular flexibility index (Phi) is 2.27. The highest BCUT2D eigenvalue weighted by atomic mass is 32.1. The second-order valence-corrected chi connectivity index (χ2v) is 3.31. The molecule has 0 atom stereocenters. The first-order valence-corrected chi connectivity index (χ1v) is 4.88. The Hall–Kier alpha value is -1.35. The van der Waals surface area contributed by atoms with Crippen LogP contribution in [-0.2, 0) is 0 Å². The molecule has 0 amide bonds. The number of nitrogens with one attached hydrogen (secondary N) is 1. The molecule has 2 rings (SSSR count). The third kappa shape index (κ3) is 1.70. The predicted molar refractivity (Wildman–Crippen MR) is 55.9 cm³/mol. The molecule has 0 aliphatic heterocycles. The highest BCUT2D eigenvalue weighted by Gasteiger charge is 1.99. The summed E-state index contributed by atoms with van der Waals surface area (Å²) in [5.74, 6) is 0. The highest BCUT2D eigenvalue weighted by molar-refractivity contribution is 7.07. The minimum atomic E-state index is 0.988. The number of benzene rings is 1. The fraction of sp³-hybridized carbons (Fsp3) is 0.100. The number of hydrogen-bond donors (Lipinski definition) is 1. The fourth-order valence-corrected chi connectivity index (χ4v) is 1.65. The molecule has 1 heterocycles. The van der Waals surface area contributed by atoms with E-state index >= 15 is 0 Å². The number of anilines is 1. The zero-order chi connectivity index (χ0) is 9.10. The molecule has 0 saturated carbocycles. The molecule has 0 aliphatic rings. The minimum absolute atomic E-state index is 0.988. The van der Waals surface area contributed by atoms with Gasteiger partial charge in [-0.05, 0) is 12.1 Å². The lowest BCUT2D eigenvalue weighted by Gasteiger charge is -2.01. The van der Waals surface area contributed by atoms with Gasteiger partial charge in [0.15, 0.2) is 5.51 Å². The van der Waals surface area contributed by atoms with E-state index in [1.807, 2.05) is 30.6 Å². The molecule has 1 aromatic heterocycles. The van der Waals surface area contributed by atoms with Crippen LogP contribution in [0.3, 0.4) is 0 Å². The summed E-state index contributed by atoms with van der Waals surface area (Å²) >= 11 is 1.49. The van der Waals surface area contributed by atoms with Crippen LogP contribution in [-0.4, -0.2) is 12.0 Å². The lowest BCUT2D eigenvalue weighted by molar-refractivity contribution is 1.39. The van der Waals surface area contributed by atoms with Crippen LogP contribution in [0, 0.1) is 5.51 Å². The number of hydrogen-bond acceptors (Lipinski definition) is 3. The van der Waals surface area contributed by atoms with Crippen molar-refractivity contribution in [3.63, 3.8) is 0 Å². The molecule has 0 bridgehead atoms. The normalized spacial score (nSPS) is 9.92. The lowest BCUT2D eigenvalue weighted by atomic mass is 10.1. The molecule has 2 nitrogen and oxygen atoms in total. The van der Waals surface area contributed by atoms with Crippen molar-refractivity contribution in [2.24, 2.45) is 0 Å². The summed E-state index contributed by atoms with van der Waals surface area (Å²) < 4.78 is 0. The maximum atomic E-state index is 4.13. The Balaban J connectivity index is 2.41. The minimum Gasteiger partial charge on any atom is -0.388 e. The molecular formula is C10H9N2S. The molecule has 0 fully saturated rings. The van der Waals surface area contributed by atoms with E-state index in [-0.39, 0.29) is 0 Å². The Bertz CT molecular complexity index is 382. The molecule has 0 spiro atoms. The first-order chi connectivity index (χ1) is 6.40. The van der Waals surface area contributed by atoms with Crippen LogP contribution in [0.25, 0.3) is 11.3 Å². The number of rotatable bonds is 2. The summed E-state index contributed by atoms with van der Waals surface area (Å²) in [5, 5.41) is 5.09. The Morgan fingerprint density at radius 2 is 2.38 bits per heavy atom. The lowest BCUT2D eigenvalue weighted by Crippen LogP contribution is -1.87. The average Bonchev–Trinajstić information content (AvgIpc) is 2.71. The van der Waals surface area contributed by atoms with E-state index in [0.717, 1.165) is 16.9 Å². The second kappa shape index (κ2) is 3.58. The van der Waals surface area contributed by atoms with Crippen LogP contribution in [0.4, 0.5) is 5.69 Å². The third-order valence-electron chi connectivity index (χ3n) is 1.84. The van der Waals surface area contributed by atoms with Crippen molar-refractivity contribution in [3.05, 3.63) is 35.2 Å². The quantitative estimate of drug-likeness (QED) is 0.785. The summed E-state index contributed by atoms with van der Waals surface area (Å²) in [6, 6.07) is 8.16. The van der Waals surface area contributed by atoms with E-state index in [1.54, 1.807) is 0 Å². The number of nitrogens with zero attached hydrogens (tertiary/aromatic N) is 1. The van der Waals surface area contributed by atoms with Crippen molar-refractivity contribution in [3.8, 4) is 11.3 Å². The van der Waals surface area contributed by atoms with Crippen LogP contribution in [0.5, 0.6) is 0 Å². The van der Waals surface area contributed by atoms with Crippen LogP contribution in [0.1, 0.15) is 0 Å². The van der Waals surface area contributed by atoms with Crippen LogP contribution < -0.4 is 5.32 Å². The molecule has 1 radical (unpaired) electrons. The zero-order valence-electron chi connectivity index (χ0n) is 7.24. The second-order valence-electron chi connectivity index (χ2n) is 2.65. The van der Waals surface area contributed by atoms with E-state index in [1.165, 1.54) is 11.3 Å². The van der Waals surface area contributed by atoms with E-state index in [4.69, 9.17) is 0 Å². The van der Waals surface area contributed by atoms with Gasteiger partial charge in [0, 0.05) is 23.7 Å². The van der Waals surface area contributed by atoms with Gasteiger partial charge in [0.05, 0.1) is 5.69 Å². The highest BCUT2D eigenvalue weighted by Crippen LogP contribution is 2.21. The van der Waals surface area contributed by atoms with Gasteiger partial charge in [-0.25, -0.2) is 4.98 Å². The van der Waals surface area contributed by atoms with Gasteiger partial charge < -0.3 is 5.32 Å². The molecule has 3 heteroatoms. The van der Waals surface area contributed by atoms with E-state index < -0.39 is 0 Å². The largest absolute Gasteiger partial charge is 0.388 e. The zero-order valence-corrected chi connectivity index (χ0v) is 8.06. The first-order valence-electron chi connectivity index (χ1n) is 4.00. The smallest absolute Gasteiger partial charge is 0.152 e. The SMILES string of the molecule is CNc1cccc(-c2cs[c]n2)c1. The van der Waals surface area contributed by atoms with Crippen molar-refractivity contribution in [1.82, 2.24) is 4.98 Å². The van der Waals surface area contributed by atoms with Crippen LogP contribution in [0.15, 0.2) is 29.6 Å². The van der Waals surface area contributed by atoms with Crippen molar-refractivity contribution < 1.29 is 0 Å². The summed E-state index contributed by atoms with van der Waals surface area (Å²) in [6.07, 6.45) is 0. The molecule has 0 aliphatic carbocycles. The Morgan fingerprint density at radius 3 is 3.08 bits per heavy atom. The van der Waals surface area contributed by atoms with Crippen molar-refractivity contribution in [2.75, 3.05) is 12.4 Å². The van der Waals surface area contributed by atoms with Gasteiger partial charge >= 0.3 is 0 Å². The summed E-state index contributed by atoms with van der Waals surface area (Å²) in [7, 11) is 1.91. The van der Waals surface area contributed by atoms with Gasteiger partial charge in [-0.15, -0.1) is 11.3 Å². The Labute approximate surface area is 81.3 Å². The maximum absolute atomic E-state index is 4.13. The van der Waals surface area contributed by atoms with Gasteiger partial charge in [0.1, 0.15) is 0 Å². The van der Waals surface area contributed by atoms with E-state index in [0.29, 0.717) is 0 Å². The van der Waals surface area contributed by atoms with E-state index in [2.05, 4.69) is 21.9 Å². The summed E-state index contributed by atoms with van der Waals surface area (Å²) in [4.78, 5) is 4.13. The maximum Gasteiger partial charge on any atom is 0.152 e. The van der Waals surface area contributed by atoms with Crippen molar-refractivity contribution >= 4 is 17.0 Å². The third-order valence-corrected chi connectivity index (χ3v) is 2.37. The summed E-state index contributed by atoms with van der Waals surface area (Å²) in [5.41, 5.74) is 6.06. The Morgan fingerprint density at radius 1 is 1.46 bits per heavy atom. The molecule has 13 heavy (non-hydrogen) atoms. The predicted octanol–water partition coefficient (Wildman–Crippen LogP) is 2.65. The molecular weight excluding hydrogens is 180 g/mol. The van der Waals surface area contributed by atoms with Crippen LogP contribution >= 0.6 is 11.3 Å². The number of aromatic nitrogens is 1. The molecule has 0 saturated heterocycles. The molecule has 0 unspecified atom stereocenters. The van der Waals surface area contributed by atoms with Gasteiger partial charge in [-0.3, -0.25) is 0 Å². The monoisotopic (exact) mass is 189 g/mol. The topological polar surface area (TPSA) is 24.9 Å². The average molecular weight is 189 g/mol. The standard InChI is InChI=1S/C10H9N2S/c1-11-9-4-2-3-8(5-9)10-6-13-7-12-10/h2-6,11H,1H3. The molecule has 2 aromatic rings. The van der Waals surface area contributed by atoms with Gasteiger partial charge in [0.25, 0.3) is 0 Å². The summed E-state index contributed by atoms with van der Waals surface area (Å²) in [6.45, 7) is 0. The van der Waals surface area contributed by atoms with Gasteiger partial charge in [-0.1, -0.05) is 12.1 Å². The van der Waals surface area contributed by atoms with Gasteiger partial charge in [-0.2, -0.15) is 0 Å². The van der Waals surface area contributed by atoms with Crippen LogP contribution in [0.2, 0.25) is 0 Å². The van der Waals surface area contributed by atoms with Crippen molar-refractivity contribution in [1.29, 1.82) is 0 Å². The fourth-order valence-electron chi connectivity index (χ4n) is 1.15. The van der Waals surface area contributed by atoms with Gasteiger partial charge in [0.2, 0.25) is 0 Å². The molecule has 1 aromatic carbocycles. The molecule has 1 N–H and O–H groups in total. The number of thiazole rings is 1. The van der Waals surface area contributed by atoms with Crippen molar-refractivity contribution in [2.45, 2.75) is 0 Å².